The molecule has 4 amide bonds. The number of nitrogens with zero attached hydrogens (tertiary/aromatic N) is 6. The van der Waals surface area contributed by atoms with Gasteiger partial charge in [-0.05, 0) is 99.5 Å². The number of aromatic amines is 2. The van der Waals surface area contributed by atoms with Gasteiger partial charge in [-0.1, -0.05) is 36.4 Å². The average Bonchev–Trinajstić information content (AvgIpc) is 4.25. The van der Waals surface area contributed by atoms with E-state index < -0.39 is 41.7 Å². The number of rotatable bonds is 22. The van der Waals surface area contributed by atoms with Crippen molar-refractivity contribution in [3.05, 3.63) is 139 Å². The van der Waals surface area contributed by atoms with Crippen molar-refractivity contribution in [3.8, 4) is 0 Å². The minimum atomic E-state index is -1.31. The Morgan fingerprint density at radius 1 is 0.587 bits per heavy atom. The number of thiophene rings is 2. The molecule has 8 rings (SSSR count). The van der Waals surface area contributed by atoms with Crippen LogP contribution < -0.4 is 31.9 Å². The Morgan fingerprint density at radius 3 is 1.41 bits per heavy atom. The molecule has 24 heteroatoms. The molecule has 0 saturated heterocycles. The van der Waals surface area contributed by atoms with Gasteiger partial charge >= 0.3 is 11.9 Å². The summed E-state index contributed by atoms with van der Waals surface area (Å²) >= 11 is 2.52. The van der Waals surface area contributed by atoms with Crippen molar-refractivity contribution in [2.24, 2.45) is 0 Å². The quantitative estimate of drug-likeness (QED) is 0.0300. The molecule has 0 saturated carbocycles. The Hall–Kier alpha value is -8.64. The number of esters is 1. The van der Waals surface area contributed by atoms with Crippen LogP contribution in [-0.2, 0) is 27.2 Å². The van der Waals surface area contributed by atoms with E-state index in [4.69, 9.17) is 4.74 Å². The molecule has 2 atom stereocenters. The number of methoxy groups -OCH3 is 1. The fourth-order valence-corrected chi connectivity index (χ4v) is 9.36. The van der Waals surface area contributed by atoms with Gasteiger partial charge in [0.15, 0.2) is 0 Å². The van der Waals surface area contributed by atoms with Crippen LogP contribution in [0.15, 0.2) is 83.8 Å². The first-order valence-corrected chi connectivity index (χ1v) is 25.5. The number of H-pyrrole nitrogens is 2. The normalized spacial score (nSPS) is 11.7. The van der Waals surface area contributed by atoms with Crippen molar-refractivity contribution >= 4 is 91.9 Å². The Labute approximate surface area is 438 Å². The highest BCUT2D eigenvalue weighted by Gasteiger charge is 2.27. The summed E-state index contributed by atoms with van der Waals surface area (Å²) < 4.78 is 4.81. The van der Waals surface area contributed by atoms with Crippen LogP contribution in [0, 0.1) is 27.7 Å². The van der Waals surface area contributed by atoms with Gasteiger partial charge in [-0.15, -0.1) is 22.7 Å². The Kier molecular flexibility index (Phi) is 18.7. The number of anilines is 2. The summed E-state index contributed by atoms with van der Waals surface area (Å²) in [5, 5.41) is 46.1. The van der Waals surface area contributed by atoms with Crippen LogP contribution in [-0.4, -0.2) is 126 Å². The molecule has 0 fully saturated rings. The molecule has 0 radical (unpaired) electrons. The van der Waals surface area contributed by atoms with Crippen LogP contribution in [0.25, 0.3) is 21.8 Å². The third-order valence-electron chi connectivity index (χ3n) is 11.8. The molecule has 0 aliphatic carbocycles. The van der Waals surface area contributed by atoms with Crippen LogP contribution in [0.4, 0.5) is 11.9 Å². The first-order chi connectivity index (χ1) is 36.2. The number of aliphatic carboxylic acids is 1. The number of ether oxygens (including phenoxy) is 1. The number of carbonyl (C=O) groups is 6. The number of benzene rings is 2. The summed E-state index contributed by atoms with van der Waals surface area (Å²) in [6.07, 6.45) is 7.06. The molecule has 0 bridgehead atoms. The van der Waals surface area contributed by atoms with Crippen LogP contribution >= 0.6 is 22.7 Å². The molecule has 8 aromatic rings. The topological polar surface area (TPSA) is 313 Å². The van der Waals surface area contributed by atoms with Crippen LogP contribution in [0.3, 0.4) is 0 Å². The van der Waals surface area contributed by atoms with E-state index in [1.165, 1.54) is 40.9 Å². The maximum absolute atomic E-state index is 13.1. The molecule has 6 aromatic heterocycles. The standard InChI is InChI=1S/C26H29N7O4S.C25H27N7O4S/c1-15-22(24(35)32-20(25(36)37-3)14-28-23(34)21-10-6-12-38-21)16(2)31-26(30-15)27-11-5-8-17-7-4-9-19-18(17)13-29-33-19;1-14-21(23(34)31-19(24(35)36)13-27-22(33)20-9-5-11-37-20)15(2)30-25(29-14)26-10-4-7-16-6-3-8-18-17(16)12-28-32-18/h4,6-7,9-10,12-13,20H,5,8,11,14H2,1-3H3,(H,28,34)(H,29,33)(H,32,35)(H,27,30,31);3,5-6,8-9,11-12,19H,4,7,10,13H2,1-2H3,(H,27,33)(H,28,32)(H,31,34)(H,35,36)(H,26,29,30)/t20-;19-/m00/s1. The zero-order valence-electron chi connectivity index (χ0n) is 41.7. The zero-order valence-corrected chi connectivity index (χ0v) is 43.3. The molecular formula is C51H56N14O8S2. The van der Waals surface area contributed by atoms with E-state index in [1.807, 2.05) is 36.7 Å². The number of fused-ring (bicyclic) bond motifs is 2. The number of aromatic nitrogens is 8. The van der Waals surface area contributed by atoms with E-state index in [9.17, 15) is 33.9 Å². The molecule has 0 spiro atoms. The van der Waals surface area contributed by atoms with Crippen LogP contribution in [0.2, 0.25) is 0 Å². The van der Waals surface area contributed by atoms with Crippen molar-refractivity contribution in [1.29, 1.82) is 0 Å². The zero-order chi connectivity index (χ0) is 53.4. The number of amides is 4. The summed E-state index contributed by atoms with van der Waals surface area (Å²) in [4.78, 5) is 92.9. The van der Waals surface area contributed by atoms with E-state index >= 15 is 0 Å². The minimum Gasteiger partial charge on any atom is -0.480 e. The fourth-order valence-electron chi connectivity index (χ4n) is 8.08. The molecule has 6 heterocycles. The molecule has 75 heavy (non-hydrogen) atoms. The van der Waals surface area contributed by atoms with Crippen molar-refractivity contribution in [3.63, 3.8) is 0 Å². The smallest absolute Gasteiger partial charge is 0.330 e. The third kappa shape index (κ3) is 14.3. The van der Waals surface area contributed by atoms with Crippen molar-refractivity contribution in [2.75, 3.05) is 43.9 Å². The van der Waals surface area contributed by atoms with Gasteiger partial charge in [0.1, 0.15) is 12.1 Å². The number of hydrogen-bond acceptors (Lipinski definition) is 17. The van der Waals surface area contributed by atoms with Gasteiger partial charge in [0.25, 0.3) is 23.6 Å². The van der Waals surface area contributed by atoms with Crippen molar-refractivity contribution < 1.29 is 38.6 Å². The predicted octanol–water partition coefficient (Wildman–Crippen LogP) is 5.47. The summed E-state index contributed by atoms with van der Waals surface area (Å²) in [7, 11) is 1.22. The molecule has 0 aliphatic rings. The highest BCUT2D eigenvalue weighted by atomic mass is 32.1. The highest BCUT2D eigenvalue weighted by Crippen LogP contribution is 2.20. The van der Waals surface area contributed by atoms with Crippen molar-refractivity contribution in [2.45, 2.75) is 65.5 Å². The number of carboxylic acid groups (broad SMARTS) is 1. The van der Waals surface area contributed by atoms with Gasteiger partial charge in [-0.25, -0.2) is 29.5 Å². The number of carboxylic acids is 1. The largest absolute Gasteiger partial charge is 0.480 e. The highest BCUT2D eigenvalue weighted by molar-refractivity contribution is 7.12. The van der Waals surface area contributed by atoms with Gasteiger partial charge in [-0.2, -0.15) is 10.2 Å². The van der Waals surface area contributed by atoms with Gasteiger partial charge in [0.05, 0.1) is 74.2 Å². The average molecular weight is 1060 g/mol. The molecular weight excluding hydrogens is 1000 g/mol. The Balaban J connectivity index is 0.000000219. The van der Waals surface area contributed by atoms with E-state index in [0.717, 1.165) is 47.5 Å². The molecule has 2 aromatic carbocycles. The fraction of sp³-hybridized carbons (Fsp3) is 0.294. The number of nitrogens with one attached hydrogen (secondary N) is 8. The first kappa shape index (κ1) is 54.1. The molecule has 390 valence electrons. The number of aryl methyl sites for hydroxylation is 6. The summed E-state index contributed by atoms with van der Waals surface area (Å²) in [6.45, 7) is 7.64. The first-order valence-electron chi connectivity index (χ1n) is 23.8. The lowest BCUT2D eigenvalue weighted by Crippen LogP contribution is -2.49. The van der Waals surface area contributed by atoms with E-state index in [1.54, 1.807) is 62.7 Å². The lowest BCUT2D eigenvalue weighted by atomic mass is 10.1. The van der Waals surface area contributed by atoms with Crippen LogP contribution in [0.1, 0.15) is 86.8 Å². The Morgan fingerprint density at radius 2 is 1.01 bits per heavy atom. The third-order valence-corrected chi connectivity index (χ3v) is 13.5. The van der Waals surface area contributed by atoms with Gasteiger partial charge < -0.3 is 41.7 Å². The van der Waals surface area contributed by atoms with Crippen LogP contribution in [0.5, 0.6) is 0 Å². The number of carbonyl (C=O) groups excluding carboxylic acids is 5. The monoisotopic (exact) mass is 1060 g/mol. The lowest BCUT2D eigenvalue weighted by Gasteiger charge is -2.18. The lowest BCUT2D eigenvalue weighted by molar-refractivity contribution is -0.142. The summed E-state index contributed by atoms with van der Waals surface area (Å²) in [5.41, 5.74) is 6.66. The maximum atomic E-state index is 13.1. The second-order valence-electron chi connectivity index (χ2n) is 17.0. The van der Waals surface area contributed by atoms with Crippen molar-refractivity contribution in [1.82, 2.24) is 61.6 Å². The second kappa shape index (κ2) is 25.8. The van der Waals surface area contributed by atoms with Gasteiger partial charge in [0, 0.05) is 37.0 Å². The Bertz CT molecular complexity index is 3240. The SMILES string of the molecule is COC(=O)[C@H](CNC(=O)c1cccs1)NC(=O)c1c(C)nc(NCCCc2cccc3[nH]ncc23)nc1C.Cc1nc(NCCCc2cccc3[nH]ncc23)nc(C)c1C(=O)N[C@@H](CNC(=O)c1cccs1)C(=O)O. The second-order valence-corrected chi connectivity index (χ2v) is 18.9. The van der Waals surface area contributed by atoms with E-state index in [0.29, 0.717) is 57.5 Å². The molecule has 9 N–H and O–H groups in total. The number of hydrogen-bond donors (Lipinski definition) is 9. The summed E-state index contributed by atoms with van der Waals surface area (Å²) in [5.74, 6) is -3.00. The van der Waals surface area contributed by atoms with Gasteiger partial charge in [-0.3, -0.25) is 29.4 Å². The predicted molar refractivity (Wildman–Crippen MR) is 284 cm³/mol. The maximum Gasteiger partial charge on any atom is 0.330 e. The molecule has 0 aliphatic heterocycles. The van der Waals surface area contributed by atoms with Gasteiger partial charge in [0.2, 0.25) is 11.9 Å². The molecule has 0 unspecified atom stereocenters. The van der Waals surface area contributed by atoms with E-state index in [2.05, 4.69) is 84.4 Å². The summed E-state index contributed by atoms with van der Waals surface area (Å²) in [6, 6.07) is 16.5. The molecule has 22 nitrogen and oxygen atoms in total. The minimum absolute atomic E-state index is 0.125. The van der Waals surface area contributed by atoms with E-state index in [-0.39, 0.29) is 30.1 Å².